The Balaban J connectivity index is 1.22. The Labute approximate surface area is 263 Å². The lowest BCUT2D eigenvalue weighted by atomic mass is 9.79. The van der Waals surface area contributed by atoms with E-state index in [1.807, 2.05) is 0 Å². The van der Waals surface area contributed by atoms with Crippen molar-refractivity contribution >= 4 is 38.6 Å². The molecule has 0 amide bonds. The van der Waals surface area contributed by atoms with Gasteiger partial charge in [0, 0.05) is 40.5 Å². The van der Waals surface area contributed by atoms with E-state index < -0.39 is 0 Å². The van der Waals surface area contributed by atoms with E-state index in [4.69, 9.17) is 0 Å². The summed E-state index contributed by atoms with van der Waals surface area (Å²) in [5, 5.41) is 5.36. The molecule has 0 N–H and O–H groups in total. The van der Waals surface area contributed by atoms with Gasteiger partial charge in [-0.3, -0.25) is 0 Å². The van der Waals surface area contributed by atoms with E-state index in [9.17, 15) is 0 Å². The molecule has 0 saturated carbocycles. The highest BCUT2D eigenvalue weighted by atomic mass is 15.2. The molecule has 0 unspecified atom stereocenters. The minimum absolute atomic E-state index is 0.0622. The van der Waals surface area contributed by atoms with Crippen molar-refractivity contribution in [1.82, 2.24) is 0 Å². The van der Waals surface area contributed by atoms with E-state index >= 15 is 0 Å². The predicted molar refractivity (Wildman–Crippen MR) is 190 cm³/mol. The number of fused-ring (bicyclic) bond motifs is 6. The summed E-state index contributed by atoms with van der Waals surface area (Å²) in [4.78, 5) is 2.56. The van der Waals surface area contributed by atoms with Gasteiger partial charge >= 0.3 is 0 Å². The van der Waals surface area contributed by atoms with Gasteiger partial charge in [-0.2, -0.15) is 4.58 Å². The highest BCUT2D eigenvalue weighted by molar-refractivity contribution is 6.07. The normalized spacial score (nSPS) is 20.9. The summed E-state index contributed by atoms with van der Waals surface area (Å²) in [7, 11) is 2.22. The molecule has 44 heavy (non-hydrogen) atoms. The van der Waals surface area contributed by atoms with Crippen LogP contribution >= 0.6 is 0 Å². The van der Waals surface area contributed by atoms with Crippen LogP contribution in [0.2, 0.25) is 0 Å². The molecule has 222 valence electrons. The topological polar surface area (TPSA) is 6.25 Å². The monoisotopic (exact) mass is 577 g/mol. The van der Waals surface area contributed by atoms with Gasteiger partial charge in [0.05, 0.1) is 5.41 Å². The van der Waals surface area contributed by atoms with E-state index in [1.165, 1.54) is 73.0 Å². The van der Waals surface area contributed by atoms with Crippen LogP contribution in [0, 0.1) is 0 Å². The van der Waals surface area contributed by atoms with Crippen molar-refractivity contribution in [1.29, 1.82) is 0 Å². The first-order valence-corrected chi connectivity index (χ1v) is 16.3. The van der Waals surface area contributed by atoms with Crippen LogP contribution in [0.5, 0.6) is 0 Å². The summed E-state index contributed by atoms with van der Waals surface area (Å²) in [6.07, 6.45) is 15.4. The average Bonchev–Trinajstić information content (AvgIpc) is 3.37. The van der Waals surface area contributed by atoms with Gasteiger partial charge in [-0.1, -0.05) is 86.7 Å². The minimum Gasteiger partial charge on any atom is -0.341 e. The Morgan fingerprint density at radius 3 is 2.09 bits per heavy atom. The fraction of sp³-hybridized carbons (Fsp3) is 0.310. The molecule has 3 aliphatic rings. The van der Waals surface area contributed by atoms with Crippen LogP contribution in [0.1, 0.15) is 71.9 Å². The van der Waals surface area contributed by atoms with Gasteiger partial charge in [0.25, 0.3) is 0 Å². The van der Waals surface area contributed by atoms with Crippen LogP contribution in [0.15, 0.2) is 120 Å². The first kappa shape index (κ1) is 28.6. The quantitative estimate of drug-likeness (QED) is 0.219. The maximum atomic E-state index is 2.56. The van der Waals surface area contributed by atoms with Crippen molar-refractivity contribution in [3.8, 4) is 0 Å². The summed E-state index contributed by atoms with van der Waals surface area (Å²) < 4.78 is 2.40. The van der Waals surface area contributed by atoms with Crippen molar-refractivity contribution in [2.75, 3.05) is 11.9 Å². The molecule has 1 aliphatic carbocycles. The second-order valence-electron chi connectivity index (χ2n) is 14.2. The maximum Gasteiger partial charge on any atom is 0.210 e. The van der Waals surface area contributed by atoms with Crippen molar-refractivity contribution in [2.24, 2.45) is 0 Å². The van der Waals surface area contributed by atoms with Gasteiger partial charge in [0.1, 0.15) is 7.05 Å². The molecule has 2 heterocycles. The Morgan fingerprint density at radius 1 is 0.727 bits per heavy atom. The number of anilines is 1. The molecule has 0 fully saturated rings. The summed E-state index contributed by atoms with van der Waals surface area (Å²) in [6.45, 7) is 14.2. The number of benzene rings is 4. The summed E-state index contributed by atoms with van der Waals surface area (Å²) in [5.74, 6) is 0. The van der Waals surface area contributed by atoms with Crippen molar-refractivity contribution < 1.29 is 4.58 Å². The van der Waals surface area contributed by atoms with E-state index in [2.05, 4.69) is 161 Å². The standard InChI is InChI=1S/C42H45N2/c1-28(2)44-36-24-22-32-16-9-11-18-34(32)40(36)42(5,6)38(44)26-20-30-14-12-13-29(27-30)19-25-37-41(3,4)39-33-17-10-8-15-31(33)21-23-35(39)43(37)7/h8-11,15-28H,12-14H2,1-7H3/q+1. The summed E-state index contributed by atoms with van der Waals surface area (Å²) >= 11 is 0. The number of rotatable bonds is 4. The molecule has 0 bridgehead atoms. The van der Waals surface area contributed by atoms with Crippen LogP contribution in [0.25, 0.3) is 21.5 Å². The summed E-state index contributed by atoms with van der Waals surface area (Å²) in [6, 6.07) is 27.2. The lowest BCUT2D eigenvalue weighted by molar-refractivity contribution is -0.401. The molecule has 2 heteroatoms. The zero-order chi connectivity index (χ0) is 30.8. The number of hydrogen-bond acceptors (Lipinski definition) is 1. The fourth-order valence-corrected chi connectivity index (χ4v) is 8.23. The fourth-order valence-electron chi connectivity index (χ4n) is 8.23. The average molecular weight is 578 g/mol. The number of nitrogens with zero attached hydrogens (tertiary/aromatic N) is 2. The van der Waals surface area contributed by atoms with Gasteiger partial charge in [-0.25, -0.2) is 0 Å². The molecule has 7 rings (SSSR count). The second kappa shape index (κ2) is 10.5. The minimum atomic E-state index is -0.0763. The van der Waals surface area contributed by atoms with Crippen LogP contribution in [-0.4, -0.2) is 23.4 Å². The van der Waals surface area contributed by atoms with E-state index in [-0.39, 0.29) is 10.8 Å². The second-order valence-corrected chi connectivity index (χ2v) is 14.2. The third kappa shape index (κ3) is 4.41. The van der Waals surface area contributed by atoms with Crippen LogP contribution in [0.3, 0.4) is 0 Å². The molecule has 0 radical (unpaired) electrons. The molecule has 0 saturated heterocycles. The van der Waals surface area contributed by atoms with Crippen LogP contribution in [-0.2, 0) is 10.8 Å². The third-order valence-electron chi connectivity index (χ3n) is 10.3. The van der Waals surface area contributed by atoms with Gasteiger partial charge in [-0.05, 0) is 103 Å². The third-order valence-corrected chi connectivity index (χ3v) is 10.3. The molecule has 0 spiro atoms. The molecule has 2 nitrogen and oxygen atoms in total. The van der Waals surface area contributed by atoms with E-state index in [0.717, 1.165) is 12.8 Å². The largest absolute Gasteiger partial charge is 0.341 e. The lowest BCUT2D eigenvalue weighted by Gasteiger charge is -2.30. The molecule has 4 aromatic rings. The number of hydrogen-bond donors (Lipinski definition) is 0. The van der Waals surface area contributed by atoms with Gasteiger partial charge in [0.2, 0.25) is 5.69 Å². The van der Waals surface area contributed by atoms with Gasteiger partial charge < -0.3 is 4.90 Å². The van der Waals surface area contributed by atoms with Gasteiger partial charge in [-0.15, -0.1) is 0 Å². The highest BCUT2D eigenvalue weighted by Crippen LogP contribution is 2.51. The zero-order valence-corrected chi connectivity index (χ0v) is 27.4. The maximum absolute atomic E-state index is 2.56. The van der Waals surface area contributed by atoms with Crippen LogP contribution in [0.4, 0.5) is 11.4 Å². The van der Waals surface area contributed by atoms with Crippen molar-refractivity contribution in [2.45, 2.75) is 77.7 Å². The first-order valence-electron chi connectivity index (χ1n) is 16.3. The van der Waals surface area contributed by atoms with Crippen molar-refractivity contribution in [3.63, 3.8) is 0 Å². The molecular weight excluding hydrogens is 532 g/mol. The molecular formula is C42H45N2+. The Kier molecular flexibility index (Phi) is 6.81. The first-order chi connectivity index (χ1) is 21.1. The molecule has 2 aliphatic heterocycles. The van der Waals surface area contributed by atoms with Gasteiger partial charge in [0.15, 0.2) is 5.71 Å². The summed E-state index contributed by atoms with van der Waals surface area (Å²) in [5.41, 5.74) is 11.0. The van der Waals surface area contributed by atoms with E-state index in [1.54, 1.807) is 0 Å². The molecule has 0 aromatic heterocycles. The highest BCUT2D eigenvalue weighted by Gasteiger charge is 2.44. The van der Waals surface area contributed by atoms with Crippen molar-refractivity contribution in [3.05, 3.63) is 131 Å². The number of allylic oxidation sites excluding steroid dienone is 8. The zero-order valence-electron chi connectivity index (χ0n) is 27.4. The SMILES string of the molecule is CC(C)N1/C(=C\C=C2C=C(/C=C/C3=[N+](C)c4ccc5ccccc5c4C3(C)C)CCC\2)C(C)(C)c2c1ccc1ccccc21. The van der Waals surface area contributed by atoms with E-state index in [0.29, 0.717) is 6.04 Å². The Morgan fingerprint density at radius 2 is 1.39 bits per heavy atom. The molecule has 0 atom stereocenters. The smallest absolute Gasteiger partial charge is 0.210 e. The Bertz CT molecular complexity index is 1970. The predicted octanol–water partition coefficient (Wildman–Crippen LogP) is 10.7. The Hall–Kier alpha value is -4.17. The molecule has 4 aromatic carbocycles. The lowest BCUT2D eigenvalue weighted by Crippen LogP contribution is -2.31. The van der Waals surface area contributed by atoms with Crippen LogP contribution < -0.4 is 4.90 Å².